The molecule has 0 heterocycles. The zero-order chi connectivity index (χ0) is 8.57. The van der Waals surface area contributed by atoms with E-state index in [0.29, 0.717) is 6.42 Å². The van der Waals surface area contributed by atoms with Crippen LogP contribution in [-0.4, -0.2) is 17.4 Å². The van der Waals surface area contributed by atoms with Crippen LogP contribution >= 0.6 is 0 Å². The van der Waals surface area contributed by atoms with Crippen LogP contribution in [0.1, 0.15) is 20.3 Å². The Bertz CT molecular complexity index is 115. The van der Waals surface area contributed by atoms with Crippen LogP contribution in [0.3, 0.4) is 0 Å². The van der Waals surface area contributed by atoms with Crippen molar-refractivity contribution in [3.8, 4) is 0 Å². The summed E-state index contributed by atoms with van der Waals surface area (Å²) in [6, 6.07) is 0. The normalized spacial score (nSPS) is 7.00. The van der Waals surface area contributed by atoms with Crippen molar-refractivity contribution in [3.05, 3.63) is 12.2 Å². The maximum atomic E-state index is 9.60. The number of rotatable bonds is 2. The minimum atomic E-state index is -0.935. The highest BCUT2D eigenvalue weighted by Gasteiger charge is 1.90. The molecule has 0 amide bonds. The van der Waals surface area contributed by atoms with Gasteiger partial charge >= 0.3 is 5.97 Å². The molecular formula is C7H12O3. The summed E-state index contributed by atoms with van der Waals surface area (Å²) in [4.78, 5) is 18.8. The van der Waals surface area contributed by atoms with E-state index in [2.05, 4.69) is 6.58 Å². The lowest BCUT2D eigenvalue weighted by atomic mass is 10.4. The zero-order valence-corrected chi connectivity index (χ0v) is 6.26. The molecule has 0 aliphatic carbocycles. The lowest BCUT2D eigenvalue weighted by Crippen LogP contribution is -1.92. The second kappa shape index (κ2) is 7.88. The van der Waals surface area contributed by atoms with Crippen molar-refractivity contribution in [1.82, 2.24) is 0 Å². The summed E-state index contributed by atoms with van der Waals surface area (Å²) in [5, 5.41) is 7.89. The van der Waals surface area contributed by atoms with Crippen LogP contribution in [0.15, 0.2) is 12.2 Å². The first-order chi connectivity index (χ1) is 4.56. The summed E-state index contributed by atoms with van der Waals surface area (Å²) in [5.41, 5.74) is 0.176. The second-order valence-corrected chi connectivity index (χ2v) is 1.66. The molecule has 0 fully saturated rings. The summed E-state index contributed by atoms with van der Waals surface area (Å²) in [6.45, 7) is 6.41. The predicted octanol–water partition coefficient (Wildman–Crippen LogP) is 1.24. The van der Waals surface area contributed by atoms with Crippen LogP contribution in [-0.2, 0) is 9.59 Å². The number of carbonyl (C=O) groups is 2. The molecule has 0 aromatic carbocycles. The van der Waals surface area contributed by atoms with Gasteiger partial charge in [0, 0.05) is 12.0 Å². The van der Waals surface area contributed by atoms with E-state index < -0.39 is 5.97 Å². The monoisotopic (exact) mass is 144 g/mol. The number of carbonyl (C=O) groups excluding carboxylic acids is 1. The summed E-state index contributed by atoms with van der Waals surface area (Å²) >= 11 is 0. The molecule has 0 aromatic rings. The van der Waals surface area contributed by atoms with E-state index in [4.69, 9.17) is 5.11 Å². The van der Waals surface area contributed by atoms with Crippen LogP contribution in [0.25, 0.3) is 0 Å². The van der Waals surface area contributed by atoms with E-state index in [1.807, 2.05) is 6.92 Å². The van der Waals surface area contributed by atoms with E-state index >= 15 is 0 Å². The number of hydrogen-bond donors (Lipinski definition) is 1. The molecular weight excluding hydrogens is 132 g/mol. The van der Waals surface area contributed by atoms with Gasteiger partial charge in [-0.2, -0.15) is 0 Å². The molecule has 0 saturated heterocycles. The zero-order valence-electron chi connectivity index (χ0n) is 6.26. The summed E-state index contributed by atoms with van der Waals surface area (Å²) in [6.07, 6.45) is 1.51. The largest absolute Gasteiger partial charge is 0.478 e. The number of carboxylic acids is 1. The first-order valence-corrected chi connectivity index (χ1v) is 2.88. The van der Waals surface area contributed by atoms with Crippen molar-refractivity contribution in [3.63, 3.8) is 0 Å². The molecule has 0 rings (SSSR count). The van der Waals surface area contributed by atoms with Crippen LogP contribution in [0.2, 0.25) is 0 Å². The van der Waals surface area contributed by atoms with Crippen LogP contribution in [0, 0.1) is 0 Å². The van der Waals surface area contributed by atoms with Crippen molar-refractivity contribution in [2.75, 3.05) is 0 Å². The Morgan fingerprint density at radius 1 is 1.70 bits per heavy atom. The van der Waals surface area contributed by atoms with Gasteiger partial charge in [0.1, 0.15) is 6.29 Å². The Morgan fingerprint density at radius 3 is 1.90 bits per heavy atom. The first kappa shape index (κ1) is 11.6. The molecule has 0 aliphatic heterocycles. The van der Waals surface area contributed by atoms with Gasteiger partial charge < -0.3 is 9.90 Å². The highest BCUT2D eigenvalue weighted by Crippen LogP contribution is 1.81. The molecule has 0 unspecified atom stereocenters. The number of hydrogen-bond acceptors (Lipinski definition) is 2. The molecule has 0 bridgehead atoms. The highest BCUT2D eigenvalue weighted by atomic mass is 16.4. The Hall–Kier alpha value is -1.12. The van der Waals surface area contributed by atoms with Crippen LogP contribution < -0.4 is 0 Å². The third kappa shape index (κ3) is 15.8. The lowest BCUT2D eigenvalue weighted by molar-refractivity contribution is -0.132. The minimum Gasteiger partial charge on any atom is -0.478 e. The molecule has 58 valence electrons. The summed E-state index contributed by atoms with van der Waals surface area (Å²) < 4.78 is 0. The number of aliphatic carboxylic acids is 1. The second-order valence-electron chi connectivity index (χ2n) is 1.66. The standard InChI is InChI=1S/C4H6O2.C3H6O/c1-3(2)4(5)6;1-2-3-4/h1H2,2H3,(H,5,6);3H,2H2,1H3. The maximum Gasteiger partial charge on any atom is 0.330 e. The van der Waals surface area contributed by atoms with E-state index in [1.54, 1.807) is 0 Å². The molecule has 0 radical (unpaired) electrons. The van der Waals surface area contributed by atoms with Gasteiger partial charge in [0.25, 0.3) is 0 Å². The molecule has 0 aromatic heterocycles. The van der Waals surface area contributed by atoms with Gasteiger partial charge in [0.15, 0.2) is 0 Å². The van der Waals surface area contributed by atoms with Crippen LogP contribution in [0.4, 0.5) is 0 Å². The third-order valence-corrected chi connectivity index (χ3v) is 0.532. The molecule has 0 spiro atoms. The van der Waals surface area contributed by atoms with E-state index in [-0.39, 0.29) is 5.57 Å². The van der Waals surface area contributed by atoms with Gasteiger partial charge in [-0.15, -0.1) is 0 Å². The predicted molar refractivity (Wildman–Crippen MR) is 38.8 cm³/mol. The molecule has 1 N–H and O–H groups in total. The lowest BCUT2D eigenvalue weighted by Gasteiger charge is -1.79. The Balaban J connectivity index is 0. The number of carboxylic acid groups (broad SMARTS) is 1. The van der Waals surface area contributed by atoms with Crippen molar-refractivity contribution in [2.45, 2.75) is 20.3 Å². The SMILES string of the molecule is C=C(C)C(=O)O.CCC=O. The fraction of sp³-hybridized carbons (Fsp3) is 0.429. The molecule has 10 heavy (non-hydrogen) atoms. The Labute approximate surface area is 60.4 Å². The molecule has 0 atom stereocenters. The molecule has 0 aliphatic rings. The van der Waals surface area contributed by atoms with Gasteiger partial charge in [-0.05, 0) is 6.92 Å². The average molecular weight is 144 g/mol. The third-order valence-electron chi connectivity index (χ3n) is 0.532. The maximum absolute atomic E-state index is 9.60. The molecule has 0 saturated carbocycles. The Morgan fingerprint density at radius 2 is 1.90 bits per heavy atom. The smallest absolute Gasteiger partial charge is 0.330 e. The highest BCUT2D eigenvalue weighted by molar-refractivity contribution is 5.84. The topological polar surface area (TPSA) is 54.4 Å². The van der Waals surface area contributed by atoms with E-state index in [1.165, 1.54) is 6.92 Å². The first-order valence-electron chi connectivity index (χ1n) is 2.88. The van der Waals surface area contributed by atoms with E-state index in [0.717, 1.165) is 6.29 Å². The molecule has 3 heteroatoms. The van der Waals surface area contributed by atoms with Crippen molar-refractivity contribution < 1.29 is 14.7 Å². The summed E-state index contributed by atoms with van der Waals surface area (Å²) in [5.74, 6) is -0.935. The summed E-state index contributed by atoms with van der Waals surface area (Å²) in [7, 11) is 0. The van der Waals surface area contributed by atoms with Crippen molar-refractivity contribution >= 4 is 12.3 Å². The fourth-order valence-electron chi connectivity index (χ4n) is 0. The quantitative estimate of drug-likeness (QED) is 0.468. The Kier molecular flexibility index (Phi) is 9.18. The van der Waals surface area contributed by atoms with Crippen molar-refractivity contribution in [1.29, 1.82) is 0 Å². The van der Waals surface area contributed by atoms with Crippen molar-refractivity contribution in [2.24, 2.45) is 0 Å². The van der Waals surface area contributed by atoms with Crippen LogP contribution in [0.5, 0.6) is 0 Å². The van der Waals surface area contributed by atoms with Gasteiger partial charge in [-0.25, -0.2) is 4.79 Å². The van der Waals surface area contributed by atoms with Gasteiger partial charge in [-0.1, -0.05) is 13.5 Å². The average Bonchev–Trinajstić information content (AvgIpc) is 1.89. The van der Waals surface area contributed by atoms with Gasteiger partial charge in [-0.3, -0.25) is 0 Å². The van der Waals surface area contributed by atoms with E-state index in [9.17, 15) is 9.59 Å². The van der Waals surface area contributed by atoms with Gasteiger partial charge in [0.2, 0.25) is 0 Å². The number of aldehydes is 1. The van der Waals surface area contributed by atoms with Gasteiger partial charge in [0.05, 0.1) is 0 Å². The fourth-order valence-corrected chi connectivity index (χ4v) is 0. The minimum absolute atomic E-state index is 0.176. The molecule has 3 nitrogen and oxygen atoms in total.